The van der Waals surface area contributed by atoms with Gasteiger partial charge in [0.2, 0.25) is 4.80 Å². The van der Waals surface area contributed by atoms with E-state index >= 15 is 0 Å². The van der Waals surface area contributed by atoms with Crippen LogP contribution in [0.1, 0.15) is 5.56 Å². The molecule has 0 spiro atoms. The van der Waals surface area contributed by atoms with Crippen molar-refractivity contribution in [1.82, 2.24) is 4.57 Å². The van der Waals surface area contributed by atoms with Crippen LogP contribution in [0.25, 0.3) is 10.2 Å². The topological polar surface area (TPSA) is 60.7 Å². The number of methoxy groups -OCH3 is 1. The Labute approximate surface area is 161 Å². The molecule has 0 unspecified atom stereocenters. The fourth-order valence-electron chi connectivity index (χ4n) is 2.51. The Kier molecular flexibility index (Phi) is 5.86. The molecular formula is C18H20N2O3S3. The van der Waals surface area contributed by atoms with Gasteiger partial charge >= 0.3 is 0 Å². The van der Waals surface area contributed by atoms with E-state index in [2.05, 4.69) is 10.5 Å². The third-order valence-electron chi connectivity index (χ3n) is 3.93. The van der Waals surface area contributed by atoms with Crippen molar-refractivity contribution >= 4 is 43.3 Å². The molecule has 5 nitrogen and oxygen atoms in total. The molecule has 0 bridgehead atoms. The summed E-state index contributed by atoms with van der Waals surface area (Å²) in [6.45, 7) is 2.94. The van der Waals surface area contributed by atoms with Crippen LogP contribution < -0.4 is 4.80 Å². The molecule has 0 amide bonds. The van der Waals surface area contributed by atoms with Crippen LogP contribution in [-0.2, 0) is 21.3 Å². The van der Waals surface area contributed by atoms with Gasteiger partial charge < -0.3 is 9.30 Å². The Balaban J connectivity index is 2.18. The number of hydrogen-bond donors (Lipinski definition) is 0. The standard InChI is InChI=1S/C18H20N2O3S3/c1-13-4-7-15(8-5-13)26(21,22)19-18-20(10-11-23-2)16-9-6-14(24-3)12-17(16)25-18/h4-9,12H,10-11H2,1-3H3. The number of benzene rings is 2. The predicted molar refractivity (Wildman–Crippen MR) is 107 cm³/mol. The molecule has 0 saturated carbocycles. The van der Waals surface area contributed by atoms with E-state index in [9.17, 15) is 8.42 Å². The molecule has 2 aromatic carbocycles. The molecule has 0 aliphatic heterocycles. The van der Waals surface area contributed by atoms with Crippen molar-refractivity contribution in [3.8, 4) is 0 Å². The van der Waals surface area contributed by atoms with Gasteiger partial charge in [-0.25, -0.2) is 0 Å². The van der Waals surface area contributed by atoms with Gasteiger partial charge in [-0.3, -0.25) is 0 Å². The van der Waals surface area contributed by atoms with E-state index in [-0.39, 0.29) is 4.90 Å². The Morgan fingerprint density at radius 3 is 2.58 bits per heavy atom. The van der Waals surface area contributed by atoms with Gasteiger partial charge in [0.05, 0.1) is 21.7 Å². The average Bonchev–Trinajstić information content (AvgIpc) is 2.95. The van der Waals surface area contributed by atoms with Crippen LogP contribution in [0.4, 0.5) is 0 Å². The lowest BCUT2D eigenvalue weighted by Crippen LogP contribution is -2.19. The van der Waals surface area contributed by atoms with Gasteiger partial charge in [-0.1, -0.05) is 29.0 Å². The maximum atomic E-state index is 12.7. The van der Waals surface area contributed by atoms with Gasteiger partial charge in [0, 0.05) is 18.6 Å². The quantitative estimate of drug-likeness (QED) is 0.584. The van der Waals surface area contributed by atoms with Crippen molar-refractivity contribution in [1.29, 1.82) is 0 Å². The molecule has 138 valence electrons. The lowest BCUT2D eigenvalue weighted by Gasteiger charge is -2.05. The largest absolute Gasteiger partial charge is 0.383 e. The highest BCUT2D eigenvalue weighted by Gasteiger charge is 2.15. The van der Waals surface area contributed by atoms with Crippen LogP contribution in [0, 0.1) is 6.92 Å². The van der Waals surface area contributed by atoms with Gasteiger partial charge in [-0.05, 0) is 43.5 Å². The van der Waals surface area contributed by atoms with Crippen molar-refractivity contribution in [2.24, 2.45) is 4.40 Å². The highest BCUT2D eigenvalue weighted by atomic mass is 32.2. The smallest absolute Gasteiger partial charge is 0.285 e. The maximum absolute atomic E-state index is 12.7. The molecule has 3 rings (SSSR count). The average molecular weight is 409 g/mol. The number of aromatic nitrogens is 1. The second-order valence-corrected chi connectivity index (χ2v) is 9.23. The van der Waals surface area contributed by atoms with Crippen molar-refractivity contribution in [2.75, 3.05) is 20.0 Å². The molecule has 0 aliphatic rings. The van der Waals surface area contributed by atoms with Crippen LogP contribution >= 0.6 is 23.1 Å². The molecule has 3 aromatic rings. The third-order valence-corrected chi connectivity index (χ3v) is 7.09. The van der Waals surface area contributed by atoms with Crippen LogP contribution in [0.15, 0.2) is 56.7 Å². The third kappa shape index (κ3) is 4.03. The van der Waals surface area contributed by atoms with Gasteiger partial charge in [0.25, 0.3) is 10.0 Å². The zero-order valence-electron chi connectivity index (χ0n) is 14.8. The Morgan fingerprint density at radius 1 is 1.19 bits per heavy atom. The highest BCUT2D eigenvalue weighted by Crippen LogP contribution is 2.24. The van der Waals surface area contributed by atoms with Crippen LogP contribution in [0.3, 0.4) is 0 Å². The zero-order valence-corrected chi connectivity index (χ0v) is 17.2. The summed E-state index contributed by atoms with van der Waals surface area (Å²) in [5.41, 5.74) is 1.97. The van der Waals surface area contributed by atoms with Gasteiger partial charge in [0.1, 0.15) is 0 Å². The molecule has 0 atom stereocenters. The fraction of sp³-hybridized carbons (Fsp3) is 0.278. The molecule has 26 heavy (non-hydrogen) atoms. The molecule has 0 aliphatic carbocycles. The summed E-state index contributed by atoms with van der Waals surface area (Å²) in [7, 11) is -2.15. The minimum atomic E-state index is -3.77. The van der Waals surface area contributed by atoms with Crippen LogP contribution in [-0.4, -0.2) is 33.0 Å². The number of rotatable bonds is 6. The second-order valence-electron chi connectivity index (χ2n) is 5.74. The van der Waals surface area contributed by atoms with Crippen molar-refractivity contribution in [3.05, 3.63) is 52.8 Å². The zero-order chi connectivity index (χ0) is 18.7. The van der Waals surface area contributed by atoms with E-state index in [1.165, 1.54) is 11.3 Å². The first-order valence-electron chi connectivity index (χ1n) is 7.98. The van der Waals surface area contributed by atoms with Crippen LogP contribution in [0.5, 0.6) is 0 Å². The summed E-state index contributed by atoms with van der Waals surface area (Å²) in [5.74, 6) is 0. The fourth-order valence-corrected chi connectivity index (χ4v) is 5.33. The first-order valence-corrected chi connectivity index (χ1v) is 11.5. The Morgan fingerprint density at radius 2 is 1.92 bits per heavy atom. The Hall–Kier alpha value is -1.61. The molecule has 1 heterocycles. The number of fused-ring (bicyclic) bond motifs is 1. The summed E-state index contributed by atoms with van der Waals surface area (Å²) < 4.78 is 37.7. The number of ether oxygens (including phenoxy) is 1. The van der Waals surface area contributed by atoms with E-state index in [1.807, 2.05) is 29.9 Å². The lowest BCUT2D eigenvalue weighted by atomic mass is 10.2. The minimum absolute atomic E-state index is 0.198. The summed E-state index contributed by atoms with van der Waals surface area (Å²) in [6, 6.07) is 12.8. The van der Waals surface area contributed by atoms with Crippen molar-refractivity contribution in [3.63, 3.8) is 0 Å². The Bertz CT molecular complexity index is 1080. The summed E-state index contributed by atoms with van der Waals surface area (Å²) >= 11 is 3.03. The van der Waals surface area contributed by atoms with E-state index in [0.717, 1.165) is 20.7 Å². The van der Waals surface area contributed by atoms with E-state index in [1.54, 1.807) is 43.1 Å². The first kappa shape index (κ1) is 19.2. The van der Waals surface area contributed by atoms with E-state index in [4.69, 9.17) is 4.74 Å². The van der Waals surface area contributed by atoms with Crippen LogP contribution in [0.2, 0.25) is 0 Å². The SMILES string of the molecule is COCCn1c(=NS(=O)(=O)c2ccc(C)cc2)sc2cc(SC)ccc21. The molecule has 0 radical (unpaired) electrons. The number of nitrogens with zero attached hydrogens (tertiary/aromatic N) is 2. The molecule has 0 saturated heterocycles. The van der Waals surface area contributed by atoms with Gasteiger partial charge in [-0.15, -0.1) is 16.2 Å². The molecule has 1 aromatic heterocycles. The molecule has 0 N–H and O–H groups in total. The second kappa shape index (κ2) is 7.96. The number of hydrogen-bond acceptors (Lipinski definition) is 5. The van der Waals surface area contributed by atoms with Crippen molar-refractivity contribution < 1.29 is 13.2 Å². The van der Waals surface area contributed by atoms with Gasteiger partial charge in [-0.2, -0.15) is 8.42 Å². The maximum Gasteiger partial charge on any atom is 0.285 e. The first-order chi connectivity index (χ1) is 12.4. The normalized spacial score (nSPS) is 12.8. The van der Waals surface area contributed by atoms with Gasteiger partial charge in [0.15, 0.2) is 0 Å². The summed E-state index contributed by atoms with van der Waals surface area (Å²) in [5, 5.41) is 0. The highest BCUT2D eigenvalue weighted by molar-refractivity contribution is 7.98. The number of sulfonamides is 1. The molecular weight excluding hydrogens is 388 g/mol. The van der Waals surface area contributed by atoms with E-state index < -0.39 is 10.0 Å². The summed E-state index contributed by atoms with van der Waals surface area (Å²) in [4.78, 5) is 1.78. The predicted octanol–water partition coefficient (Wildman–Crippen LogP) is 3.67. The molecule has 8 heteroatoms. The monoisotopic (exact) mass is 408 g/mol. The van der Waals surface area contributed by atoms with E-state index in [0.29, 0.717) is 18.0 Å². The van der Waals surface area contributed by atoms with Crippen molar-refractivity contribution in [2.45, 2.75) is 23.3 Å². The minimum Gasteiger partial charge on any atom is -0.383 e. The number of thiazole rings is 1. The summed E-state index contributed by atoms with van der Waals surface area (Å²) in [6.07, 6.45) is 2.01. The lowest BCUT2D eigenvalue weighted by molar-refractivity contribution is 0.187. The number of aryl methyl sites for hydroxylation is 1. The molecule has 0 fully saturated rings. The number of thioether (sulfide) groups is 1.